The molecule has 0 spiro atoms. The predicted octanol–water partition coefficient (Wildman–Crippen LogP) is 1.84. The van der Waals surface area contributed by atoms with Crippen LogP contribution in [0.1, 0.15) is 5.56 Å². The first-order valence-corrected chi connectivity index (χ1v) is 4.57. The van der Waals surface area contributed by atoms with Crippen molar-refractivity contribution in [2.24, 2.45) is 0 Å². The van der Waals surface area contributed by atoms with Crippen LogP contribution in [0.3, 0.4) is 0 Å². The fourth-order valence-corrected chi connectivity index (χ4v) is 1.28. The zero-order valence-electron chi connectivity index (χ0n) is 6.91. The van der Waals surface area contributed by atoms with Gasteiger partial charge in [-0.3, -0.25) is 0 Å². The molecule has 0 bridgehead atoms. The standard InChI is InChI=1S/C10H8N2S/c13-6-2-4-8-3-1-5-9-10(8)12-7-11-9/h1,3,5,7,13H,6H2,(H,11,12). The second-order valence-electron chi connectivity index (χ2n) is 2.56. The van der Waals surface area contributed by atoms with Crippen LogP contribution >= 0.6 is 12.6 Å². The van der Waals surface area contributed by atoms with Gasteiger partial charge in [0.25, 0.3) is 0 Å². The lowest BCUT2D eigenvalue weighted by molar-refractivity contribution is 1.34. The summed E-state index contributed by atoms with van der Waals surface area (Å²) in [6.07, 6.45) is 1.68. The van der Waals surface area contributed by atoms with Crippen molar-refractivity contribution < 1.29 is 0 Å². The monoisotopic (exact) mass is 188 g/mol. The summed E-state index contributed by atoms with van der Waals surface area (Å²) < 4.78 is 0. The highest BCUT2D eigenvalue weighted by Gasteiger charge is 1.98. The predicted molar refractivity (Wildman–Crippen MR) is 56.8 cm³/mol. The van der Waals surface area contributed by atoms with E-state index in [0.29, 0.717) is 5.75 Å². The maximum Gasteiger partial charge on any atom is 0.104 e. The van der Waals surface area contributed by atoms with E-state index in [2.05, 4.69) is 34.4 Å². The van der Waals surface area contributed by atoms with Crippen LogP contribution in [0.25, 0.3) is 11.0 Å². The molecular weight excluding hydrogens is 180 g/mol. The summed E-state index contributed by atoms with van der Waals surface area (Å²) in [4.78, 5) is 7.23. The third-order valence-electron chi connectivity index (χ3n) is 1.75. The van der Waals surface area contributed by atoms with E-state index >= 15 is 0 Å². The Labute approximate surface area is 81.8 Å². The van der Waals surface area contributed by atoms with E-state index in [1.807, 2.05) is 18.2 Å². The molecule has 0 aliphatic carbocycles. The number of nitrogens with one attached hydrogen (secondary N) is 1. The largest absolute Gasteiger partial charge is 0.345 e. The molecule has 1 N–H and O–H groups in total. The van der Waals surface area contributed by atoms with Gasteiger partial charge in [0.15, 0.2) is 0 Å². The van der Waals surface area contributed by atoms with Gasteiger partial charge in [0.2, 0.25) is 0 Å². The van der Waals surface area contributed by atoms with Gasteiger partial charge < -0.3 is 4.98 Å². The molecule has 0 aliphatic rings. The Balaban J connectivity index is 2.61. The summed E-state index contributed by atoms with van der Waals surface area (Å²) in [6.45, 7) is 0. The van der Waals surface area contributed by atoms with Crippen molar-refractivity contribution in [3.05, 3.63) is 30.1 Å². The molecule has 0 radical (unpaired) electrons. The molecular formula is C10H8N2S. The van der Waals surface area contributed by atoms with Crippen LogP contribution < -0.4 is 0 Å². The lowest BCUT2D eigenvalue weighted by Crippen LogP contribution is -1.77. The lowest BCUT2D eigenvalue weighted by atomic mass is 10.2. The van der Waals surface area contributed by atoms with Gasteiger partial charge in [0, 0.05) is 0 Å². The molecule has 2 rings (SSSR count). The van der Waals surface area contributed by atoms with Gasteiger partial charge in [-0.2, -0.15) is 12.6 Å². The highest BCUT2D eigenvalue weighted by atomic mass is 32.1. The van der Waals surface area contributed by atoms with Crippen molar-refractivity contribution in [3.8, 4) is 11.8 Å². The molecule has 1 aromatic carbocycles. The molecule has 1 heterocycles. The first kappa shape index (κ1) is 8.21. The van der Waals surface area contributed by atoms with E-state index in [-0.39, 0.29) is 0 Å². The van der Waals surface area contributed by atoms with Gasteiger partial charge >= 0.3 is 0 Å². The fraction of sp³-hybridized carbons (Fsp3) is 0.100. The number of hydrogen-bond donors (Lipinski definition) is 2. The minimum absolute atomic E-state index is 0.570. The van der Waals surface area contributed by atoms with E-state index in [9.17, 15) is 0 Å². The van der Waals surface area contributed by atoms with Gasteiger partial charge in [-0.1, -0.05) is 17.9 Å². The molecule has 0 saturated carbocycles. The van der Waals surface area contributed by atoms with Crippen LogP contribution in [0.4, 0.5) is 0 Å². The smallest absolute Gasteiger partial charge is 0.104 e. The summed E-state index contributed by atoms with van der Waals surface area (Å²) in [6, 6.07) is 5.90. The first-order valence-electron chi connectivity index (χ1n) is 3.93. The molecule has 0 atom stereocenters. The number of para-hydroxylation sites is 1. The zero-order valence-corrected chi connectivity index (χ0v) is 7.81. The molecule has 0 fully saturated rings. The average Bonchev–Trinajstić information content (AvgIpc) is 2.62. The molecule has 3 heteroatoms. The molecule has 1 aromatic heterocycles. The van der Waals surface area contributed by atoms with Crippen LogP contribution in [0.5, 0.6) is 0 Å². The molecule has 2 nitrogen and oxygen atoms in total. The van der Waals surface area contributed by atoms with Crippen LogP contribution in [0, 0.1) is 11.8 Å². The Morgan fingerprint density at radius 3 is 3.23 bits per heavy atom. The number of nitrogens with zero attached hydrogens (tertiary/aromatic N) is 1. The highest BCUT2D eigenvalue weighted by Crippen LogP contribution is 2.12. The Kier molecular flexibility index (Phi) is 2.24. The zero-order chi connectivity index (χ0) is 9.10. The van der Waals surface area contributed by atoms with E-state index in [4.69, 9.17) is 0 Å². The summed E-state index contributed by atoms with van der Waals surface area (Å²) in [5.74, 6) is 6.49. The molecule has 0 amide bonds. The molecule has 2 aromatic rings. The summed E-state index contributed by atoms with van der Waals surface area (Å²) in [7, 11) is 0. The number of rotatable bonds is 0. The maximum atomic E-state index is 4.19. The Morgan fingerprint density at radius 1 is 1.46 bits per heavy atom. The third kappa shape index (κ3) is 1.53. The van der Waals surface area contributed by atoms with Gasteiger partial charge in [-0.15, -0.1) is 0 Å². The van der Waals surface area contributed by atoms with E-state index in [1.165, 1.54) is 0 Å². The Bertz CT molecular complexity index is 476. The van der Waals surface area contributed by atoms with E-state index < -0.39 is 0 Å². The summed E-state index contributed by atoms with van der Waals surface area (Å²) in [5, 5.41) is 0. The summed E-state index contributed by atoms with van der Waals surface area (Å²) >= 11 is 4.03. The average molecular weight is 188 g/mol. The third-order valence-corrected chi connectivity index (χ3v) is 1.91. The number of aromatic nitrogens is 2. The number of benzene rings is 1. The number of imidazole rings is 1. The lowest BCUT2D eigenvalue weighted by Gasteiger charge is -1.90. The Hall–Kier alpha value is -1.40. The van der Waals surface area contributed by atoms with Gasteiger partial charge in [-0.25, -0.2) is 4.98 Å². The molecule has 0 saturated heterocycles. The number of fused-ring (bicyclic) bond motifs is 1. The summed E-state index contributed by atoms with van der Waals surface area (Å²) in [5.41, 5.74) is 2.90. The number of aromatic amines is 1. The number of hydrogen-bond acceptors (Lipinski definition) is 2. The maximum absolute atomic E-state index is 4.19. The molecule has 13 heavy (non-hydrogen) atoms. The second kappa shape index (κ2) is 3.55. The highest BCUT2D eigenvalue weighted by molar-refractivity contribution is 7.80. The second-order valence-corrected chi connectivity index (χ2v) is 2.88. The fourth-order valence-electron chi connectivity index (χ4n) is 1.20. The SMILES string of the molecule is SCC#Cc1cccc2[nH]cnc12. The topological polar surface area (TPSA) is 28.7 Å². The van der Waals surface area contributed by atoms with Crippen LogP contribution in [0.2, 0.25) is 0 Å². The van der Waals surface area contributed by atoms with Crippen LogP contribution in [0.15, 0.2) is 24.5 Å². The van der Waals surface area contributed by atoms with Crippen LogP contribution in [-0.2, 0) is 0 Å². The van der Waals surface area contributed by atoms with E-state index in [1.54, 1.807) is 6.33 Å². The van der Waals surface area contributed by atoms with Crippen molar-refractivity contribution in [3.63, 3.8) is 0 Å². The van der Waals surface area contributed by atoms with Gasteiger partial charge in [-0.05, 0) is 12.1 Å². The van der Waals surface area contributed by atoms with Gasteiger partial charge in [0.05, 0.1) is 23.2 Å². The van der Waals surface area contributed by atoms with Crippen molar-refractivity contribution in [1.82, 2.24) is 9.97 Å². The number of thiol groups is 1. The van der Waals surface area contributed by atoms with Gasteiger partial charge in [0.1, 0.15) is 5.52 Å². The molecule has 0 unspecified atom stereocenters. The van der Waals surface area contributed by atoms with E-state index in [0.717, 1.165) is 16.6 Å². The molecule has 0 aliphatic heterocycles. The quantitative estimate of drug-likeness (QED) is 0.479. The Morgan fingerprint density at radius 2 is 2.38 bits per heavy atom. The normalized spacial score (nSPS) is 9.62. The minimum Gasteiger partial charge on any atom is -0.345 e. The van der Waals surface area contributed by atoms with Crippen molar-refractivity contribution in [1.29, 1.82) is 0 Å². The van der Waals surface area contributed by atoms with Crippen molar-refractivity contribution in [2.75, 3.05) is 5.75 Å². The number of H-pyrrole nitrogens is 1. The van der Waals surface area contributed by atoms with Crippen molar-refractivity contribution >= 4 is 23.7 Å². The molecule has 64 valence electrons. The van der Waals surface area contributed by atoms with Crippen LogP contribution in [-0.4, -0.2) is 15.7 Å². The van der Waals surface area contributed by atoms with Crippen molar-refractivity contribution in [2.45, 2.75) is 0 Å². The first-order chi connectivity index (χ1) is 6.42. The minimum atomic E-state index is 0.570.